The fourth-order valence-corrected chi connectivity index (χ4v) is 8.17. The standard InChI is InChI=1S/C29H17N4O.C17H21FNSi.Ir/c1-3-9-19(10-4-1)23-16-15-22-27-26(34-29(22)32-23)17-20(18-30-27)28-31-24-13-7-8-14-25(24)33(28)21-11-5-2-6-12-21;1-12(2)15-10-16(13-6-8-14(18)9-7-13)19-11-17(15)20(3,4)5;/h1-17H;6,8-12H,1-5H3;/q2*-1;/i;12D;. The van der Waals surface area contributed by atoms with Gasteiger partial charge in [-0.2, -0.15) is 0 Å². The third-order valence-corrected chi connectivity index (χ3v) is 11.3. The van der Waals surface area contributed by atoms with E-state index < -0.39 is 14.0 Å². The first-order valence-corrected chi connectivity index (χ1v) is 21.3. The Morgan fingerprint density at radius 2 is 1.53 bits per heavy atom. The van der Waals surface area contributed by atoms with Crippen LogP contribution in [0.1, 0.15) is 26.7 Å². The second kappa shape index (κ2) is 15.6. The third kappa shape index (κ3) is 7.69. The molecule has 0 unspecified atom stereocenters. The van der Waals surface area contributed by atoms with Crippen LogP contribution in [-0.2, 0) is 20.1 Å². The van der Waals surface area contributed by atoms with Gasteiger partial charge in [-0.05, 0) is 53.3 Å². The van der Waals surface area contributed by atoms with Crippen LogP contribution in [0, 0.1) is 18.1 Å². The Morgan fingerprint density at radius 1 is 0.800 bits per heavy atom. The maximum atomic E-state index is 13.0. The molecule has 0 spiro atoms. The van der Waals surface area contributed by atoms with Gasteiger partial charge in [-0.15, -0.1) is 29.8 Å². The van der Waals surface area contributed by atoms with Gasteiger partial charge in [0.1, 0.15) is 0 Å². The Balaban J connectivity index is 0.000000190. The molecule has 0 aliphatic rings. The molecule has 6 nitrogen and oxygen atoms in total. The number of nitrogens with zero attached hydrogens (tertiary/aromatic N) is 5. The molecular weight excluding hydrogens is 878 g/mol. The number of para-hydroxylation sites is 3. The number of hydrogen-bond acceptors (Lipinski definition) is 5. The van der Waals surface area contributed by atoms with Crippen molar-refractivity contribution in [2.75, 3.05) is 0 Å². The summed E-state index contributed by atoms with van der Waals surface area (Å²) in [7, 11) is -1.57. The van der Waals surface area contributed by atoms with Crippen molar-refractivity contribution in [2.45, 2.75) is 39.4 Å². The van der Waals surface area contributed by atoms with E-state index in [1.54, 1.807) is 6.07 Å². The molecule has 0 atom stereocenters. The Kier molecular flexibility index (Phi) is 10.3. The van der Waals surface area contributed by atoms with Crippen LogP contribution in [0.2, 0.25) is 19.6 Å². The van der Waals surface area contributed by atoms with Crippen LogP contribution in [0.4, 0.5) is 4.39 Å². The Bertz CT molecular complexity index is 2800. The van der Waals surface area contributed by atoms with Crippen LogP contribution in [0.5, 0.6) is 0 Å². The summed E-state index contributed by atoms with van der Waals surface area (Å²) in [5.74, 6) is -0.230. The van der Waals surface area contributed by atoms with Crippen LogP contribution in [-0.4, -0.2) is 32.6 Å². The van der Waals surface area contributed by atoms with Gasteiger partial charge in [-0.3, -0.25) is 9.37 Å². The Labute approximate surface area is 335 Å². The van der Waals surface area contributed by atoms with Gasteiger partial charge < -0.3 is 19.0 Å². The Morgan fingerprint density at radius 3 is 2.24 bits per heavy atom. The summed E-state index contributed by atoms with van der Waals surface area (Å²) < 4.78 is 29.7. The number of furan rings is 1. The summed E-state index contributed by atoms with van der Waals surface area (Å²) in [4.78, 5) is 18.8. The fourth-order valence-electron chi connectivity index (χ4n) is 6.58. The van der Waals surface area contributed by atoms with E-state index in [1.807, 2.05) is 111 Å². The molecule has 9 rings (SSSR count). The predicted octanol–water partition coefficient (Wildman–Crippen LogP) is 11.2. The van der Waals surface area contributed by atoms with E-state index in [-0.39, 0.29) is 25.9 Å². The first-order valence-electron chi connectivity index (χ1n) is 18.3. The maximum Gasteiger partial charge on any atom is 0.217 e. The molecule has 275 valence electrons. The van der Waals surface area contributed by atoms with E-state index in [9.17, 15) is 4.39 Å². The molecule has 55 heavy (non-hydrogen) atoms. The summed E-state index contributed by atoms with van der Waals surface area (Å²) in [5, 5.41) is 2.07. The zero-order valence-electron chi connectivity index (χ0n) is 32.1. The van der Waals surface area contributed by atoms with Crippen LogP contribution < -0.4 is 5.19 Å². The number of halogens is 1. The van der Waals surface area contributed by atoms with Gasteiger partial charge >= 0.3 is 0 Å². The molecular formula is C46H38FIrN5OSi-2. The second-order valence-corrected chi connectivity index (χ2v) is 19.4. The minimum atomic E-state index is -1.57. The van der Waals surface area contributed by atoms with Crippen molar-refractivity contribution < 1.29 is 30.3 Å². The van der Waals surface area contributed by atoms with Crippen molar-refractivity contribution in [3.8, 4) is 39.6 Å². The molecule has 0 amide bonds. The van der Waals surface area contributed by atoms with E-state index in [0.717, 1.165) is 67.1 Å². The number of fused-ring (bicyclic) bond motifs is 4. The topological polar surface area (TPSA) is 69.6 Å². The van der Waals surface area contributed by atoms with Crippen LogP contribution in [0.3, 0.4) is 0 Å². The van der Waals surface area contributed by atoms with Crippen LogP contribution >= 0.6 is 0 Å². The van der Waals surface area contributed by atoms with Gasteiger partial charge in [-0.1, -0.05) is 123 Å². The number of benzene rings is 4. The number of pyridine rings is 3. The van der Waals surface area contributed by atoms with Crippen molar-refractivity contribution in [3.63, 3.8) is 0 Å². The fraction of sp³-hybridized carbons (Fsp3) is 0.130. The van der Waals surface area contributed by atoms with Gasteiger partial charge in [0.05, 0.1) is 36.2 Å². The number of aromatic nitrogens is 5. The Hall–Kier alpha value is -5.60. The van der Waals surface area contributed by atoms with E-state index in [1.165, 1.54) is 17.3 Å². The largest absolute Gasteiger partial charge is 0.457 e. The first kappa shape index (κ1) is 36.4. The molecule has 9 aromatic rings. The van der Waals surface area contributed by atoms with E-state index in [2.05, 4.69) is 64.6 Å². The van der Waals surface area contributed by atoms with Crippen molar-refractivity contribution >= 4 is 46.5 Å². The molecule has 0 aliphatic heterocycles. The van der Waals surface area contributed by atoms with Crippen LogP contribution in [0.15, 0.2) is 138 Å². The third-order valence-electron chi connectivity index (χ3n) is 9.31. The maximum absolute atomic E-state index is 13.0. The summed E-state index contributed by atoms with van der Waals surface area (Å²) >= 11 is 0. The zero-order valence-corrected chi connectivity index (χ0v) is 34.5. The summed E-state index contributed by atoms with van der Waals surface area (Å²) in [6.07, 6.45) is 5.10. The molecule has 0 aliphatic carbocycles. The number of rotatable bonds is 6. The van der Waals surface area contributed by atoms with Gasteiger partial charge in [0.15, 0.2) is 0 Å². The molecule has 0 N–H and O–H groups in total. The normalized spacial score (nSPS) is 11.9. The SMILES string of the molecule is [2H]C(C)(C)c1cc(-c2[c-]cc(F)cc2)ncc1[Si](C)(C)C.[Ir].[c-]1nc2c(cc1-c1nc3ccccc3n1-c1ccccc1)oc1nc(-c3ccccc3)ccc12. The van der Waals surface area contributed by atoms with Crippen molar-refractivity contribution in [1.82, 2.24) is 24.5 Å². The number of imidazole rings is 1. The smallest absolute Gasteiger partial charge is 0.217 e. The molecule has 4 aromatic carbocycles. The zero-order chi connectivity index (χ0) is 38.3. The predicted molar refractivity (Wildman–Crippen MR) is 219 cm³/mol. The van der Waals surface area contributed by atoms with Crippen molar-refractivity contribution in [3.05, 3.63) is 157 Å². The molecule has 1 radical (unpaired) electrons. The quantitative estimate of drug-likeness (QED) is 0.123. The van der Waals surface area contributed by atoms with Crippen molar-refractivity contribution in [2.24, 2.45) is 0 Å². The van der Waals surface area contributed by atoms with E-state index >= 15 is 0 Å². The molecule has 0 fully saturated rings. The monoisotopic (exact) mass is 917 g/mol. The summed E-state index contributed by atoms with van der Waals surface area (Å²) in [6, 6.07) is 43.6. The van der Waals surface area contributed by atoms with Gasteiger partial charge in [-0.25, -0.2) is 4.98 Å². The summed E-state index contributed by atoms with van der Waals surface area (Å²) in [5.41, 5.74) is 10.1. The molecule has 0 saturated carbocycles. The number of hydrogen-bond donors (Lipinski definition) is 0. The van der Waals surface area contributed by atoms with Gasteiger partial charge in [0.2, 0.25) is 5.71 Å². The first-order chi connectivity index (χ1) is 26.4. The van der Waals surface area contributed by atoms with E-state index in [0.29, 0.717) is 11.3 Å². The van der Waals surface area contributed by atoms with Crippen molar-refractivity contribution in [1.29, 1.82) is 0 Å². The molecule has 0 saturated heterocycles. The van der Waals surface area contributed by atoms with Gasteiger partial charge in [0.25, 0.3) is 0 Å². The molecule has 0 bridgehead atoms. The van der Waals surface area contributed by atoms with Crippen LogP contribution in [0.25, 0.3) is 72.8 Å². The molecule has 9 heteroatoms. The average molecular weight is 917 g/mol. The van der Waals surface area contributed by atoms with Gasteiger partial charge in [0, 0.05) is 55.6 Å². The molecule has 5 aromatic heterocycles. The van der Waals surface area contributed by atoms with E-state index in [4.69, 9.17) is 15.8 Å². The summed E-state index contributed by atoms with van der Waals surface area (Å²) in [6.45, 7) is 10.5. The molecule has 5 heterocycles. The minimum absolute atomic E-state index is 0. The second-order valence-electron chi connectivity index (χ2n) is 14.4. The minimum Gasteiger partial charge on any atom is -0.457 e. The average Bonchev–Trinajstić information content (AvgIpc) is 3.76.